The molecule has 0 spiro atoms. The number of fused-ring (bicyclic) bond motifs is 3. The number of alkyl carbamates (subject to hydrolysis) is 1. The summed E-state index contributed by atoms with van der Waals surface area (Å²) in [6.45, 7) is 0.0913. The van der Waals surface area contributed by atoms with Gasteiger partial charge in [-0.2, -0.15) is 0 Å². The molecule has 2 aliphatic rings. The van der Waals surface area contributed by atoms with Gasteiger partial charge in [0.05, 0.1) is 11.3 Å². The van der Waals surface area contributed by atoms with Gasteiger partial charge < -0.3 is 20.5 Å². The van der Waals surface area contributed by atoms with Crippen molar-refractivity contribution < 1.29 is 28.6 Å². The molecular formula is C27H23FN2O5. The highest BCUT2D eigenvalue weighted by Gasteiger charge is 2.46. The third-order valence-corrected chi connectivity index (χ3v) is 6.81. The minimum Gasteiger partial charge on any atom is -0.478 e. The van der Waals surface area contributed by atoms with Crippen LogP contribution in [0.3, 0.4) is 0 Å². The minimum absolute atomic E-state index is 0.0913. The Morgan fingerprint density at radius 2 is 1.57 bits per heavy atom. The monoisotopic (exact) mass is 474 g/mol. The van der Waals surface area contributed by atoms with Crippen LogP contribution in [0.25, 0.3) is 11.1 Å². The molecule has 2 amide bonds. The number of carbonyl (C=O) groups is 3. The van der Waals surface area contributed by atoms with Crippen molar-refractivity contribution in [3.8, 4) is 11.1 Å². The highest BCUT2D eigenvalue weighted by atomic mass is 19.1. The fraction of sp³-hybridized carbons (Fsp3) is 0.222. The van der Waals surface area contributed by atoms with Crippen molar-refractivity contribution in [1.29, 1.82) is 0 Å². The van der Waals surface area contributed by atoms with Crippen molar-refractivity contribution in [2.75, 3.05) is 11.9 Å². The number of aromatic carboxylic acids is 1. The lowest BCUT2D eigenvalue weighted by Crippen LogP contribution is -2.61. The number of nitrogens with one attached hydrogen (secondary N) is 2. The maximum atomic E-state index is 14.3. The minimum atomic E-state index is -1.37. The summed E-state index contributed by atoms with van der Waals surface area (Å²) in [5.41, 5.74) is 2.26. The van der Waals surface area contributed by atoms with E-state index in [1.807, 2.05) is 48.5 Å². The number of hydrogen-bond donors (Lipinski definition) is 3. The molecule has 1 saturated carbocycles. The summed E-state index contributed by atoms with van der Waals surface area (Å²) in [6, 6.07) is 19.4. The number of benzene rings is 3. The summed E-state index contributed by atoms with van der Waals surface area (Å²) in [4.78, 5) is 37.2. The lowest BCUT2D eigenvalue weighted by atomic mass is 9.76. The first-order valence-electron chi connectivity index (χ1n) is 11.4. The van der Waals surface area contributed by atoms with Gasteiger partial charge in [-0.3, -0.25) is 4.79 Å². The van der Waals surface area contributed by atoms with E-state index < -0.39 is 35.0 Å². The van der Waals surface area contributed by atoms with Gasteiger partial charge in [0.15, 0.2) is 0 Å². The van der Waals surface area contributed by atoms with Gasteiger partial charge in [0.25, 0.3) is 0 Å². The number of anilines is 1. The van der Waals surface area contributed by atoms with E-state index in [-0.39, 0.29) is 18.1 Å². The molecule has 0 aromatic heterocycles. The Labute approximate surface area is 200 Å². The molecule has 0 heterocycles. The van der Waals surface area contributed by atoms with Crippen LogP contribution in [0, 0.1) is 5.82 Å². The number of ether oxygens (including phenoxy) is 1. The highest BCUT2D eigenvalue weighted by molar-refractivity contribution is 6.05. The first kappa shape index (κ1) is 22.6. The number of hydrogen-bond acceptors (Lipinski definition) is 4. The molecule has 3 N–H and O–H groups in total. The molecule has 3 aromatic carbocycles. The zero-order valence-electron chi connectivity index (χ0n) is 18.7. The fourth-order valence-corrected chi connectivity index (χ4v) is 4.83. The van der Waals surface area contributed by atoms with Crippen LogP contribution in [0.5, 0.6) is 0 Å². The molecule has 0 bridgehead atoms. The second-order valence-corrected chi connectivity index (χ2v) is 8.81. The molecule has 0 aliphatic heterocycles. The van der Waals surface area contributed by atoms with E-state index in [2.05, 4.69) is 10.6 Å². The summed E-state index contributed by atoms with van der Waals surface area (Å²) in [6.07, 6.45) is 0.591. The number of carboxylic acids is 1. The summed E-state index contributed by atoms with van der Waals surface area (Å²) in [7, 11) is 0. The first-order chi connectivity index (χ1) is 16.9. The van der Waals surface area contributed by atoms with E-state index in [0.29, 0.717) is 19.3 Å². The van der Waals surface area contributed by atoms with E-state index in [9.17, 15) is 23.9 Å². The Morgan fingerprint density at radius 1 is 0.943 bits per heavy atom. The lowest BCUT2D eigenvalue weighted by Gasteiger charge is -2.40. The molecule has 0 unspecified atom stereocenters. The maximum Gasteiger partial charge on any atom is 0.408 e. The molecule has 1 fully saturated rings. The van der Waals surface area contributed by atoms with Crippen molar-refractivity contribution >= 4 is 23.7 Å². The SMILES string of the molecule is O=C(NC1(C(=O)Nc2c(F)cccc2C(=O)O)CCC1)OCC1c2ccccc2-c2ccccc21. The van der Waals surface area contributed by atoms with Gasteiger partial charge in [-0.1, -0.05) is 54.6 Å². The predicted molar refractivity (Wildman–Crippen MR) is 127 cm³/mol. The molecule has 0 saturated heterocycles. The third kappa shape index (κ3) is 4.01. The summed E-state index contributed by atoms with van der Waals surface area (Å²) >= 11 is 0. The molecule has 0 radical (unpaired) electrons. The normalized spacial score (nSPS) is 15.3. The van der Waals surface area contributed by atoms with Crippen molar-refractivity contribution in [2.24, 2.45) is 0 Å². The van der Waals surface area contributed by atoms with Crippen LogP contribution in [0.2, 0.25) is 0 Å². The average molecular weight is 474 g/mol. The van der Waals surface area contributed by atoms with Crippen LogP contribution in [0.4, 0.5) is 14.9 Å². The lowest BCUT2D eigenvalue weighted by molar-refractivity contribution is -0.125. The topological polar surface area (TPSA) is 105 Å². The Morgan fingerprint density at radius 3 is 2.14 bits per heavy atom. The Balaban J connectivity index is 1.29. The molecule has 2 aliphatic carbocycles. The Bertz CT molecular complexity index is 1290. The molecule has 0 atom stereocenters. The van der Waals surface area contributed by atoms with Crippen molar-refractivity contribution in [3.63, 3.8) is 0 Å². The largest absolute Gasteiger partial charge is 0.478 e. The quantitative estimate of drug-likeness (QED) is 0.470. The van der Waals surface area contributed by atoms with Crippen LogP contribution in [0.1, 0.15) is 46.7 Å². The first-order valence-corrected chi connectivity index (χ1v) is 11.4. The Hall–Kier alpha value is -4.20. The number of carboxylic acid groups (broad SMARTS) is 1. The van der Waals surface area contributed by atoms with E-state index in [1.54, 1.807) is 0 Å². The predicted octanol–water partition coefficient (Wildman–Crippen LogP) is 4.92. The molecule has 8 heteroatoms. The van der Waals surface area contributed by atoms with Gasteiger partial charge in [0, 0.05) is 5.92 Å². The van der Waals surface area contributed by atoms with Crippen molar-refractivity contribution in [2.45, 2.75) is 30.7 Å². The second kappa shape index (κ2) is 8.87. The summed E-state index contributed by atoms with van der Waals surface area (Å²) in [5, 5.41) is 14.3. The van der Waals surface area contributed by atoms with Gasteiger partial charge in [0.1, 0.15) is 18.0 Å². The van der Waals surface area contributed by atoms with Crippen molar-refractivity contribution in [1.82, 2.24) is 5.32 Å². The maximum absolute atomic E-state index is 14.3. The zero-order valence-corrected chi connectivity index (χ0v) is 18.7. The van der Waals surface area contributed by atoms with E-state index in [4.69, 9.17) is 4.74 Å². The van der Waals surface area contributed by atoms with Gasteiger partial charge in [-0.15, -0.1) is 0 Å². The summed E-state index contributed by atoms with van der Waals surface area (Å²) in [5.74, 6) is -3.04. The molecule has 7 nitrogen and oxygen atoms in total. The molecule has 3 aromatic rings. The summed E-state index contributed by atoms with van der Waals surface area (Å²) < 4.78 is 19.8. The standard InChI is InChI=1S/C27H23FN2O5/c28-22-12-5-11-20(24(31)32)23(22)29-25(33)27(13-6-14-27)30-26(34)35-15-21-18-9-3-1-7-16(18)17-8-2-4-10-19(17)21/h1-5,7-12,21H,6,13-15H2,(H,29,33)(H,30,34)(H,31,32). The Kier molecular flexibility index (Phi) is 5.72. The van der Waals surface area contributed by atoms with Crippen LogP contribution in [0.15, 0.2) is 66.7 Å². The van der Waals surface area contributed by atoms with Crippen LogP contribution < -0.4 is 10.6 Å². The van der Waals surface area contributed by atoms with E-state index in [0.717, 1.165) is 28.3 Å². The van der Waals surface area contributed by atoms with Crippen LogP contribution in [-0.2, 0) is 9.53 Å². The number of carbonyl (C=O) groups excluding carboxylic acids is 2. The van der Waals surface area contributed by atoms with Gasteiger partial charge >= 0.3 is 12.1 Å². The average Bonchev–Trinajstić information content (AvgIpc) is 3.15. The molecule has 35 heavy (non-hydrogen) atoms. The smallest absolute Gasteiger partial charge is 0.408 e. The van der Waals surface area contributed by atoms with E-state index in [1.165, 1.54) is 12.1 Å². The van der Waals surface area contributed by atoms with E-state index >= 15 is 0 Å². The molecule has 178 valence electrons. The van der Waals surface area contributed by atoms with Crippen LogP contribution in [-0.4, -0.2) is 35.2 Å². The second-order valence-electron chi connectivity index (χ2n) is 8.81. The highest BCUT2D eigenvalue weighted by Crippen LogP contribution is 2.44. The number of para-hydroxylation sites is 1. The third-order valence-electron chi connectivity index (χ3n) is 6.81. The molecule has 5 rings (SSSR count). The molecular weight excluding hydrogens is 451 g/mol. The fourth-order valence-electron chi connectivity index (χ4n) is 4.83. The number of amides is 2. The van der Waals surface area contributed by atoms with Gasteiger partial charge in [-0.05, 0) is 53.6 Å². The number of rotatable bonds is 6. The van der Waals surface area contributed by atoms with Crippen molar-refractivity contribution in [3.05, 3.63) is 89.2 Å². The zero-order chi connectivity index (χ0) is 24.6. The van der Waals surface area contributed by atoms with Crippen LogP contribution >= 0.6 is 0 Å². The van der Waals surface area contributed by atoms with Gasteiger partial charge in [-0.25, -0.2) is 14.0 Å². The van der Waals surface area contributed by atoms with Gasteiger partial charge in [0.2, 0.25) is 5.91 Å². The number of halogens is 1.